The Bertz CT molecular complexity index is 1360. The first-order valence-electron chi connectivity index (χ1n) is 13.0. The number of nitrogens with one attached hydrogen (secondary N) is 1. The second-order valence-corrected chi connectivity index (χ2v) is 10.0. The van der Waals surface area contributed by atoms with Crippen LogP contribution in [-0.4, -0.2) is 72.4 Å². The lowest BCUT2D eigenvalue weighted by atomic mass is 9.98. The van der Waals surface area contributed by atoms with Gasteiger partial charge in [-0.15, -0.1) is 10.2 Å². The zero-order chi connectivity index (χ0) is 27.9. The number of likely N-dealkylation sites (N-methyl/N-ethyl adjacent to an activating group) is 1. The van der Waals surface area contributed by atoms with E-state index in [0.29, 0.717) is 23.2 Å². The number of esters is 1. The van der Waals surface area contributed by atoms with Crippen molar-refractivity contribution in [1.82, 2.24) is 35.1 Å². The smallest absolute Gasteiger partial charge is 0.326 e. The molecular formula is C28H34ClN7O3. The van der Waals surface area contributed by atoms with Gasteiger partial charge in [0.25, 0.3) is 0 Å². The molecule has 0 radical (unpaired) electrons. The van der Waals surface area contributed by atoms with Crippen LogP contribution in [0.2, 0.25) is 5.15 Å². The van der Waals surface area contributed by atoms with E-state index in [2.05, 4.69) is 56.8 Å². The summed E-state index contributed by atoms with van der Waals surface area (Å²) in [6, 6.07) is 15.4. The Morgan fingerprint density at radius 1 is 1.15 bits per heavy atom. The van der Waals surface area contributed by atoms with E-state index < -0.39 is 18.1 Å². The second-order valence-electron chi connectivity index (χ2n) is 9.69. The van der Waals surface area contributed by atoms with Crippen LogP contribution in [0.4, 0.5) is 0 Å². The molecule has 2 aromatic heterocycles. The number of ether oxygens (including phenoxy) is 1. The Kier molecular flexibility index (Phi) is 9.45. The number of aliphatic hydroxyl groups is 1. The fourth-order valence-corrected chi connectivity index (χ4v) is 4.85. The normalized spacial score (nSPS) is 13.0. The first kappa shape index (κ1) is 28.4. The number of halogens is 1. The third kappa shape index (κ3) is 6.70. The van der Waals surface area contributed by atoms with E-state index in [9.17, 15) is 9.90 Å². The zero-order valence-electron chi connectivity index (χ0n) is 22.6. The summed E-state index contributed by atoms with van der Waals surface area (Å²) in [7, 11) is 3.45. The molecule has 4 rings (SSSR count). The van der Waals surface area contributed by atoms with E-state index in [1.807, 2.05) is 28.8 Å². The molecule has 11 heteroatoms. The number of aliphatic hydroxyl groups excluding tert-OH is 1. The highest BCUT2D eigenvalue weighted by Gasteiger charge is 2.28. The lowest BCUT2D eigenvalue weighted by molar-refractivity contribution is -0.154. The third-order valence-electron chi connectivity index (χ3n) is 6.58. The molecule has 0 amide bonds. The molecule has 0 aliphatic rings. The van der Waals surface area contributed by atoms with Crippen LogP contribution < -0.4 is 0 Å². The minimum atomic E-state index is -0.878. The van der Waals surface area contributed by atoms with Crippen molar-refractivity contribution in [3.63, 3.8) is 0 Å². The van der Waals surface area contributed by atoms with Crippen LogP contribution >= 0.6 is 11.6 Å². The summed E-state index contributed by atoms with van der Waals surface area (Å²) < 4.78 is 7.64. The van der Waals surface area contributed by atoms with Crippen molar-refractivity contribution in [2.75, 3.05) is 14.1 Å². The number of hydrogen-bond acceptors (Lipinski definition) is 8. The van der Waals surface area contributed by atoms with Crippen LogP contribution in [0.25, 0.3) is 22.5 Å². The average Bonchev–Trinajstić information content (AvgIpc) is 3.55. The summed E-state index contributed by atoms with van der Waals surface area (Å²) in [6.07, 6.45) is 1.86. The van der Waals surface area contributed by atoms with Crippen LogP contribution in [0.3, 0.4) is 0 Å². The molecule has 206 valence electrons. The van der Waals surface area contributed by atoms with Crippen molar-refractivity contribution < 1.29 is 14.6 Å². The fraction of sp³-hybridized carbons (Fsp3) is 0.393. The number of benzene rings is 2. The number of aryl methyl sites for hydroxylation is 1. The Labute approximate surface area is 233 Å². The number of hydrogen-bond donors (Lipinski definition) is 2. The monoisotopic (exact) mass is 551 g/mol. The van der Waals surface area contributed by atoms with Crippen LogP contribution in [0, 0.1) is 0 Å². The van der Waals surface area contributed by atoms with Gasteiger partial charge in [-0.2, -0.15) is 5.21 Å². The van der Waals surface area contributed by atoms with Gasteiger partial charge in [0.15, 0.2) is 5.15 Å². The standard InChI is InChI=1S/C28H34ClN7O3/c1-5-6-11-24-30-26(29)23(17-39-28(38)25(18(2)37)35(3)4)36(24)16-19-12-14-20(15-13-19)21-9-7-8-10-22(21)27-31-33-34-32-27/h7-10,12-15,18,25,37H,5-6,11,16-17H2,1-4H3,(H,31,32,33,34)/t18?,25-/m1/s1. The number of nitrogens with zero attached hydrogens (tertiary/aromatic N) is 6. The predicted octanol–water partition coefficient (Wildman–Crippen LogP) is 4.13. The molecule has 2 heterocycles. The van der Waals surface area contributed by atoms with Gasteiger partial charge in [-0.25, -0.2) is 4.98 Å². The van der Waals surface area contributed by atoms with Crippen molar-refractivity contribution in [3.8, 4) is 22.5 Å². The molecule has 39 heavy (non-hydrogen) atoms. The van der Waals surface area contributed by atoms with E-state index in [0.717, 1.165) is 47.3 Å². The molecule has 0 aliphatic carbocycles. The minimum Gasteiger partial charge on any atom is -0.458 e. The zero-order valence-corrected chi connectivity index (χ0v) is 23.4. The van der Waals surface area contributed by atoms with E-state index in [1.165, 1.54) is 0 Å². The molecular weight excluding hydrogens is 518 g/mol. The van der Waals surface area contributed by atoms with Gasteiger partial charge in [0.1, 0.15) is 18.5 Å². The van der Waals surface area contributed by atoms with Gasteiger partial charge in [0.05, 0.1) is 11.8 Å². The number of tetrazole rings is 1. The Balaban J connectivity index is 1.58. The number of rotatable bonds is 12. The van der Waals surface area contributed by atoms with E-state index in [-0.39, 0.29) is 6.61 Å². The number of carbonyl (C=O) groups is 1. The summed E-state index contributed by atoms with van der Waals surface area (Å²) in [4.78, 5) is 19.0. The average molecular weight is 552 g/mol. The highest BCUT2D eigenvalue weighted by molar-refractivity contribution is 6.30. The van der Waals surface area contributed by atoms with E-state index in [4.69, 9.17) is 16.3 Å². The van der Waals surface area contributed by atoms with Crippen molar-refractivity contribution >= 4 is 17.6 Å². The number of carbonyl (C=O) groups excluding carboxylic acids is 1. The van der Waals surface area contributed by atoms with Gasteiger partial charge >= 0.3 is 5.97 Å². The summed E-state index contributed by atoms with van der Waals surface area (Å²) in [6.45, 7) is 4.17. The van der Waals surface area contributed by atoms with Gasteiger partial charge in [0, 0.05) is 18.5 Å². The first-order valence-corrected chi connectivity index (χ1v) is 13.3. The van der Waals surface area contributed by atoms with Crippen molar-refractivity contribution in [2.24, 2.45) is 0 Å². The van der Waals surface area contributed by atoms with Gasteiger partial charge in [-0.1, -0.05) is 73.5 Å². The van der Waals surface area contributed by atoms with Crippen LogP contribution in [0.5, 0.6) is 0 Å². The number of aromatic amines is 1. The van der Waals surface area contributed by atoms with Gasteiger partial charge in [-0.05, 0) is 49.3 Å². The molecule has 2 aromatic carbocycles. The van der Waals surface area contributed by atoms with E-state index >= 15 is 0 Å². The molecule has 2 atom stereocenters. The fourth-order valence-electron chi connectivity index (χ4n) is 4.60. The van der Waals surface area contributed by atoms with Gasteiger partial charge in [-0.3, -0.25) is 9.69 Å². The number of imidazole rings is 1. The molecule has 0 spiro atoms. The molecule has 4 aromatic rings. The first-order chi connectivity index (χ1) is 18.8. The Morgan fingerprint density at radius 2 is 1.87 bits per heavy atom. The summed E-state index contributed by atoms with van der Waals surface area (Å²) >= 11 is 6.55. The largest absolute Gasteiger partial charge is 0.458 e. The molecule has 1 unspecified atom stereocenters. The molecule has 2 N–H and O–H groups in total. The lowest BCUT2D eigenvalue weighted by Crippen LogP contribution is -2.44. The summed E-state index contributed by atoms with van der Waals surface area (Å²) in [5, 5.41) is 24.8. The lowest BCUT2D eigenvalue weighted by Gasteiger charge is -2.25. The minimum absolute atomic E-state index is 0.0377. The van der Waals surface area contributed by atoms with Crippen molar-refractivity contribution in [2.45, 2.75) is 58.4 Å². The molecule has 0 aliphatic heterocycles. The second kappa shape index (κ2) is 13.0. The Hall–Kier alpha value is -3.60. The van der Waals surface area contributed by atoms with Gasteiger partial charge < -0.3 is 14.4 Å². The number of unbranched alkanes of at least 4 members (excludes halogenated alkanes) is 1. The van der Waals surface area contributed by atoms with Crippen LogP contribution in [0.15, 0.2) is 48.5 Å². The third-order valence-corrected chi connectivity index (χ3v) is 6.88. The number of aromatic nitrogens is 6. The SMILES string of the molecule is CCCCc1nc(Cl)c(COC(=O)[C@@H](C(C)O)N(C)C)n1Cc1ccc(-c2ccccc2-c2nn[nH]n2)cc1. The maximum absolute atomic E-state index is 12.7. The quantitative estimate of drug-likeness (QED) is 0.252. The van der Waals surface area contributed by atoms with Crippen molar-refractivity contribution in [1.29, 1.82) is 0 Å². The predicted molar refractivity (Wildman–Crippen MR) is 149 cm³/mol. The number of H-pyrrole nitrogens is 1. The van der Waals surface area contributed by atoms with Crippen LogP contribution in [-0.2, 0) is 29.1 Å². The Morgan fingerprint density at radius 3 is 2.49 bits per heavy atom. The summed E-state index contributed by atoms with van der Waals surface area (Å²) in [5.74, 6) is 0.868. The highest BCUT2D eigenvalue weighted by atomic mass is 35.5. The molecule has 0 saturated carbocycles. The molecule has 0 bridgehead atoms. The molecule has 10 nitrogen and oxygen atoms in total. The topological polar surface area (TPSA) is 122 Å². The van der Waals surface area contributed by atoms with Gasteiger partial charge in [0.2, 0.25) is 5.82 Å². The maximum atomic E-state index is 12.7. The summed E-state index contributed by atoms with van der Waals surface area (Å²) in [5.41, 5.74) is 4.59. The van der Waals surface area contributed by atoms with E-state index in [1.54, 1.807) is 25.9 Å². The molecule has 0 fully saturated rings. The van der Waals surface area contributed by atoms with Crippen molar-refractivity contribution in [3.05, 3.63) is 70.8 Å². The molecule has 0 saturated heterocycles. The highest BCUT2D eigenvalue weighted by Crippen LogP contribution is 2.30. The van der Waals surface area contributed by atoms with Crippen LogP contribution in [0.1, 0.15) is 43.8 Å². The maximum Gasteiger partial charge on any atom is 0.326 e.